The lowest BCUT2D eigenvalue weighted by Gasteiger charge is -2.27. The maximum atomic E-state index is 13.1. The Hall–Kier alpha value is -3.94. The normalized spacial score (nSPS) is 19.9. The van der Waals surface area contributed by atoms with Gasteiger partial charge < -0.3 is 20.1 Å². The number of hydrogen-bond acceptors (Lipinski definition) is 4. The number of aromatic amines is 1. The summed E-state index contributed by atoms with van der Waals surface area (Å²) in [5.41, 5.74) is 4.76. The largest absolute Gasteiger partial charge is 0.346 e. The molecule has 0 bridgehead atoms. The Morgan fingerprint density at radius 3 is 2.02 bits per heavy atom. The Morgan fingerprint density at radius 2 is 1.39 bits per heavy atom. The lowest BCUT2D eigenvalue weighted by atomic mass is 9.96. The number of anilines is 1. The number of carbonyl (C=O) groups is 3. The fourth-order valence-corrected chi connectivity index (χ4v) is 6.09. The van der Waals surface area contributed by atoms with Crippen molar-refractivity contribution >= 4 is 23.4 Å². The standard InChI is InChI=1S/C36H47N5O3/c1-22(2)24(5)35(43)40-19-17-29(21-40)34(42)38-30-15-13-27(14-16-30)26-9-11-28(12-10-26)31-20-37-33(39-31)32-8-7-18-41(32)36(44)25(6)23(3)4/h9-16,20,22-25,29,32H,7-8,17-19,21H2,1-6H3,(H,37,39)(H,38,42)/t24-,25-,29+,32-/m0/s1. The van der Waals surface area contributed by atoms with E-state index in [1.165, 1.54) is 0 Å². The van der Waals surface area contributed by atoms with Crippen LogP contribution in [0.3, 0.4) is 0 Å². The van der Waals surface area contributed by atoms with E-state index in [-0.39, 0.29) is 47.4 Å². The van der Waals surface area contributed by atoms with Crippen molar-refractivity contribution in [2.24, 2.45) is 29.6 Å². The number of imidazole rings is 1. The van der Waals surface area contributed by atoms with Gasteiger partial charge in [0.25, 0.3) is 0 Å². The highest BCUT2D eigenvalue weighted by atomic mass is 16.2. The van der Waals surface area contributed by atoms with Crippen LogP contribution in [-0.4, -0.2) is 57.1 Å². The number of carbonyl (C=O) groups excluding carboxylic acids is 3. The molecule has 3 amide bonds. The Kier molecular flexibility index (Phi) is 9.56. The van der Waals surface area contributed by atoms with Gasteiger partial charge in [-0.05, 0) is 54.4 Å². The second-order valence-corrected chi connectivity index (χ2v) is 13.3. The molecule has 2 aromatic carbocycles. The molecule has 2 aliphatic heterocycles. The second kappa shape index (κ2) is 13.4. The van der Waals surface area contributed by atoms with Crippen LogP contribution >= 0.6 is 0 Å². The van der Waals surface area contributed by atoms with Gasteiger partial charge in [-0.2, -0.15) is 0 Å². The first-order valence-electron chi connectivity index (χ1n) is 16.2. The number of H-pyrrole nitrogens is 1. The molecule has 4 atom stereocenters. The summed E-state index contributed by atoms with van der Waals surface area (Å²) in [5, 5.41) is 3.04. The molecule has 3 heterocycles. The number of nitrogens with zero attached hydrogens (tertiary/aromatic N) is 3. The molecular weight excluding hydrogens is 550 g/mol. The molecule has 2 saturated heterocycles. The molecule has 0 saturated carbocycles. The van der Waals surface area contributed by atoms with E-state index in [4.69, 9.17) is 4.98 Å². The molecule has 234 valence electrons. The molecule has 2 fully saturated rings. The molecule has 0 radical (unpaired) electrons. The van der Waals surface area contributed by atoms with Crippen LogP contribution in [-0.2, 0) is 14.4 Å². The minimum absolute atomic E-state index is 0.000556. The number of rotatable bonds is 9. The number of amides is 3. The van der Waals surface area contributed by atoms with Gasteiger partial charge in [-0.15, -0.1) is 0 Å². The van der Waals surface area contributed by atoms with Crippen LogP contribution < -0.4 is 5.32 Å². The minimum Gasteiger partial charge on any atom is -0.346 e. The first kappa shape index (κ1) is 31.5. The van der Waals surface area contributed by atoms with Gasteiger partial charge in [0.2, 0.25) is 17.7 Å². The van der Waals surface area contributed by atoms with Crippen LogP contribution in [0.25, 0.3) is 22.4 Å². The van der Waals surface area contributed by atoms with Crippen molar-refractivity contribution in [3.05, 3.63) is 60.6 Å². The molecule has 44 heavy (non-hydrogen) atoms. The molecular formula is C36H47N5O3. The van der Waals surface area contributed by atoms with Crippen molar-refractivity contribution in [2.45, 2.75) is 66.8 Å². The topological polar surface area (TPSA) is 98.4 Å². The van der Waals surface area contributed by atoms with E-state index in [1.807, 2.05) is 54.1 Å². The number of likely N-dealkylation sites (tertiary alicyclic amines) is 2. The maximum Gasteiger partial charge on any atom is 0.229 e. The van der Waals surface area contributed by atoms with E-state index in [0.29, 0.717) is 25.4 Å². The van der Waals surface area contributed by atoms with Gasteiger partial charge in [-0.1, -0.05) is 77.9 Å². The van der Waals surface area contributed by atoms with E-state index >= 15 is 0 Å². The number of aromatic nitrogens is 2. The molecule has 2 N–H and O–H groups in total. The Morgan fingerprint density at radius 1 is 0.795 bits per heavy atom. The molecule has 0 aliphatic carbocycles. The molecule has 8 nitrogen and oxygen atoms in total. The Bertz CT molecular complexity index is 1460. The first-order valence-corrected chi connectivity index (χ1v) is 16.2. The van der Waals surface area contributed by atoms with Gasteiger partial charge in [0.15, 0.2) is 0 Å². The summed E-state index contributed by atoms with van der Waals surface area (Å²) in [6.07, 6.45) is 4.54. The van der Waals surface area contributed by atoms with Gasteiger partial charge >= 0.3 is 0 Å². The van der Waals surface area contributed by atoms with E-state index in [0.717, 1.165) is 53.3 Å². The van der Waals surface area contributed by atoms with E-state index in [2.05, 4.69) is 62.3 Å². The zero-order chi connectivity index (χ0) is 31.5. The summed E-state index contributed by atoms with van der Waals surface area (Å²) in [6.45, 7) is 14.2. The van der Waals surface area contributed by atoms with Crippen molar-refractivity contribution in [3.8, 4) is 22.4 Å². The van der Waals surface area contributed by atoms with Crippen molar-refractivity contribution in [1.29, 1.82) is 0 Å². The Balaban J connectivity index is 1.18. The third kappa shape index (κ3) is 6.74. The molecule has 1 aromatic heterocycles. The number of benzene rings is 2. The monoisotopic (exact) mass is 597 g/mol. The van der Waals surface area contributed by atoms with Crippen molar-refractivity contribution in [3.63, 3.8) is 0 Å². The lowest BCUT2D eigenvalue weighted by Crippen LogP contribution is -2.36. The molecule has 0 spiro atoms. The van der Waals surface area contributed by atoms with Crippen LogP contribution in [0.1, 0.15) is 72.7 Å². The summed E-state index contributed by atoms with van der Waals surface area (Å²) in [6, 6.07) is 16.2. The van der Waals surface area contributed by atoms with Crippen molar-refractivity contribution < 1.29 is 14.4 Å². The van der Waals surface area contributed by atoms with Crippen LogP contribution in [0.2, 0.25) is 0 Å². The molecule has 3 aromatic rings. The number of hydrogen-bond donors (Lipinski definition) is 2. The van der Waals surface area contributed by atoms with Gasteiger partial charge in [0.1, 0.15) is 5.82 Å². The molecule has 5 rings (SSSR count). The van der Waals surface area contributed by atoms with E-state index in [9.17, 15) is 14.4 Å². The first-order chi connectivity index (χ1) is 21.0. The molecule has 2 aliphatic rings. The maximum absolute atomic E-state index is 13.1. The average molecular weight is 598 g/mol. The third-order valence-electron chi connectivity index (χ3n) is 9.77. The van der Waals surface area contributed by atoms with Gasteiger partial charge in [0.05, 0.1) is 17.7 Å². The van der Waals surface area contributed by atoms with Crippen molar-refractivity contribution in [2.75, 3.05) is 25.0 Å². The van der Waals surface area contributed by atoms with Crippen LogP contribution in [0, 0.1) is 29.6 Å². The highest BCUT2D eigenvalue weighted by Crippen LogP contribution is 2.34. The summed E-state index contributed by atoms with van der Waals surface area (Å²) in [7, 11) is 0. The van der Waals surface area contributed by atoms with Crippen molar-refractivity contribution in [1.82, 2.24) is 19.8 Å². The fraction of sp³-hybridized carbons (Fsp3) is 0.500. The fourth-order valence-electron chi connectivity index (χ4n) is 6.09. The molecule has 0 unspecified atom stereocenters. The highest BCUT2D eigenvalue weighted by Gasteiger charge is 2.35. The highest BCUT2D eigenvalue weighted by molar-refractivity contribution is 5.94. The van der Waals surface area contributed by atoms with Gasteiger partial charge in [-0.3, -0.25) is 14.4 Å². The van der Waals surface area contributed by atoms with Gasteiger partial charge in [0, 0.05) is 48.9 Å². The lowest BCUT2D eigenvalue weighted by molar-refractivity contribution is -0.137. The molecule has 8 heteroatoms. The average Bonchev–Trinajstić information content (AvgIpc) is 3.81. The van der Waals surface area contributed by atoms with E-state index in [1.54, 1.807) is 0 Å². The van der Waals surface area contributed by atoms with Crippen LogP contribution in [0.4, 0.5) is 5.69 Å². The van der Waals surface area contributed by atoms with Crippen LogP contribution in [0.5, 0.6) is 0 Å². The summed E-state index contributed by atoms with van der Waals surface area (Å²) >= 11 is 0. The smallest absolute Gasteiger partial charge is 0.229 e. The minimum atomic E-state index is -0.186. The second-order valence-electron chi connectivity index (χ2n) is 13.3. The zero-order valence-corrected chi connectivity index (χ0v) is 27.0. The van der Waals surface area contributed by atoms with E-state index < -0.39 is 0 Å². The van der Waals surface area contributed by atoms with Gasteiger partial charge in [-0.25, -0.2) is 4.98 Å². The Labute approximate surface area is 261 Å². The quantitative estimate of drug-likeness (QED) is 0.284. The zero-order valence-electron chi connectivity index (χ0n) is 27.0. The SMILES string of the molecule is CC(C)[C@H](C)C(=O)N1CC[C@@H](C(=O)Nc2ccc(-c3ccc(-c4c[nH]c([C@@H]5CCCN5C(=O)[C@@H](C)C(C)C)n4)cc3)cc2)C1. The van der Waals surface area contributed by atoms with Crippen LogP contribution in [0.15, 0.2) is 54.7 Å². The summed E-state index contributed by atoms with van der Waals surface area (Å²) in [5.74, 6) is 1.54. The number of nitrogens with one attached hydrogen (secondary N) is 2. The summed E-state index contributed by atoms with van der Waals surface area (Å²) in [4.78, 5) is 50.8. The predicted octanol–water partition coefficient (Wildman–Crippen LogP) is 6.78. The summed E-state index contributed by atoms with van der Waals surface area (Å²) < 4.78 is 0. The third-order valence-corrected chi connectivity index (χ3v) is 9.77. The predicted molar refractivity (Wildman–Crippen MR) is 174 cm³/mol.